The van der Waals surface area contributed by atoms with Crippen molar-refractivity contribution in [2.75, 3.05) is 4.72 Å². The van der Waals surface area contributed by atoms with Gasteiger partial charge in [-0.25, -0.2) is 18.0 Å². The van der Waals surface area contributed by atoms with Crippen LogP contribution < -0.4 is 15.3 Å². The molecule has 0 aliphatic carbocycles. The van der Waals surface area contributed by atoms with Gasteiger partial charge in [0.05, 0.1) is 10.3 Å². The second kappa shape index (κ2) is 8.77. The van der Waals surface area contributed by atoms with Crippen LogP contribution in [0.15, 0.2) is 94.8 Å². The average Bonchev–Trinajstić information content (AvgIpc) is 3.12. The second-order valence-electron chi connectivity index (χ2n) is 7.37. The van der Waals surface area contributed by atoms with Gasteiger partial charge in [0.1, 0.15) is 0 Å². The molecule has 0 amide bonds. The quantitative estimate of drug-likeness (QED) is 0.430. The van der Waals surface area contributed by atoms with Crippen molar-refractivity contribution in [3.05, 3.63) is 106 Å². The highest BCUT2D eigenvalue weighted by Gasteiger charge is 2.46. The molecule has 1 atom stereocenters. The van der Waals surface area contributed by atoms with E-state index in [2.05, 4.69) is 9.71 Å². The summed E-state index contributed by atoms with van der Waals surface area (Å²) in [5.74, 6) is -2.63. The number of carbonyl (C=O) groups is 2. The van der Waals surface area contributed by atoms with Gasteiger partial charge < -0.3 is 10.2 Å². The van der Waals surface area contributed by atoms with E-state index in [9.17, 15) is 23.1 Å². The summed E-state index contributed by atoms with van der Waals surface area (Å²) in [4.78, 5) is 28.4. The van der Waals surface area contributed by atoms with Crippen LogP contribution in [0.5, 0.6) is 0 Å². The zero-order chi connectivity index (χ0) is 24.5. The third-order valence-corrected chi connectivity index (χ3v) is 6.85. The number of carboxylic acid groups (broad SMARTS) is 2. The second-order valence-corrected chi connectivity index (χ2v) is 9.49. The first-order valence-corrected chi connectivity index (χ1v) is 11.7. The zero-order valence-electron chi connectivity index (χ0n) is 17.3. The summed E-state index contributed by atoms with van der Waals surface area (Å²) in [7, 11) is -3.93. The standard InChI is InChI=1S/C24H17ClN2O6S/c25-16-9-10-19-20(11-12-22(28)29)24(23(30)31,26-21(19)14-16)15-5-4-6-17(13-15)27-34(32,33)18-7-2-1-3-8-18/h1-14,27H,(H,28,29)(H,30,31). The Morgan fingerprint density at radius 1 is 0.971 bits per heavy atom. The minimum atomic E-state index is -3.93. The molecule has 3 aromatic carbocycles. The highest BCUT2D eigenvalue weighted by Crippen LogP contribution is 2.38. The smallest absolute Gasteiger partial charge is 0.341 e. The number of rotatable bonds is 7. The van der Waals surface area contributed by atoms with Crippen molar-refractivity contribution in [2.45, 2.75) is 10.4 Å². The largest absolute Gasteiger partial charge is 0.479 e. The zero-order valence-corrected chi connectivity index (χ0v) is 18.9. The molecule has 8 nitrogen and oxygen atoms in total. The SMILES string of the molecule is O=C(O)C=CC1=c2ccc(Cl)cc2=NC1(C(=O)O)c1cccc(NS(=O)(=O)c2ccccc2)c1. The summed E-state index contributed by atoms with van der Waals surface area (Å²) >= 11 is 6.07. The van der Waals surface area contributed by atoms with Crippen LogP contribution in [0, 0.1) is 0 Å². The van der Waals surface area contributed by atoms with Crippen LogP contribution in [-0.4, -0.2) is 30.6 Å². The van der Waals surface area contributed by atoms with E-state index in [1.165, 1.54) is 48.5 Å². The lowest BCUT2D eigenvalue weighted by atomic mass is 9.83. The van der Waals surface area contributed by atoms with Crippen LogP contribution in [0.3, 0.4) is 0 Å². The monoisotopic (exact) mass is 496 g/mol. The molecule has 3 aromatic rings. The van der Waals surface area contributed by atoms with Gasteiger partial charge >= 0.3 is 11.9 Å². The van der Waals surface area contributed by atoms with E-state index in [4.69, 9.17) is 16.7 Å². The number of fused-ring (bicyclic) bond motifs is 1. The summed E-state index contributed by atoms with van der Waals surface area (Å²) in [6.45, 7) is 0. The number of nitrogens with one attached hydrogen (secondary N) is 1. The first-order valence-electron chi connectivity index (χ1n) is 9.86. The number of sulfonamides is 1. The van der Waals surface area contributed by atoms with Gasteiger partial charge in [0, 0.05) is 27.6 Å². The molecule has 3 N–H and O–H groups in total. The van der Waals surface area contributed by atoms with Gasteiger partial charge in [0.15, 0.2) is 0 Å². The van der Waals surface area contributed by atoms with Gasteiger partial charge in [0.25, 0.3) is 10.0 Å². The van der Waals surface area contributed by atoms with Gasteiger partial charge in [-0.1, -0.05) is 48.0 Å². The number of anilines is 1. The predicted octanol–water partition coefficient (Wildman–Crippen LogP) is 2.55. The fourth-order valence-corrected chi connectivity index (χ4v) is 4.99. The van der Waals surface area contributed by atoms with Gasteiger partial charge in [-0.15, -0.1) is 0 Å². The van der Waals surface area contributed by atoms with E-state index in [-0.39, 0.29) is 27.1 Å². The molecule has 1 aliphatic rings. The van der Waals surface area contributed by atoms with Crippen molar-refractivity contribution in [1.29, 1.82) is 0 Å². The molecule has 34 heavy (non-hydrogen) atoms. The van der Waals surface area contributed by atoms with Crippen LogP contribution >= 0.6 is 11.6 Å². The van der Waals surface area contributed by atoms with E-state index in [0.717, 1.165) is 6.08 Å². The molecule has 1 aliphatic heterocycles. The van der Waals surface area contributed by atoms with E-state index in [1.807, 2.05) is 0 Å². The van der Waals surface area contributed by atoms with Crippen LogP contribution in [0.4, 0.5) is 5.69 Å². The van der Waals surface area contributed by atoms with Crippen LogP contribution in [0.2, 0.25) is 5.02 Å². The molecule has 0 fully saturated rings. The molecule has 10 heteroatoms. The fourth-order valence-electron chi connectivity index (χ4n) is 3.75. The number of hydrogen-bond donors (Lipinski definition) is 3. The number of nitrogens with zero attached hydrogens (tertiary/aromatic N) is 1. The Morgan fingerprint density at radius 3 is 2.38 bits per heavy atom. The van der Waals surface area contributed by atoms with Crippen LogP contribution in [0.1, 0.15) is 5.56 Å². The van der Waals surface area contributed by atoms with Crippen molar-refractivity contribution in [3.63, 3.8) is 0 Å². The van der Waals surface area contributed by atoms with E-state index in [0.29, 0.717) is 10.2 Å². The van der Waals surface area contributed by atoms with E-state index in [1.54, 1.807) is 30.3 Å². The molecule has 0 aromatic heterocycles. The molecule has 0 radical (unpaired) electrons. The summed E-state index contributed by atoms with van der Waals surface area (Å²) in [6.07, 6.45) is 2.01. The Kier molecular flexibility index (Phi) is 5.99. The number of halogens is 1. The van der Waals surface area contributed by atoms with Crippen molar-refractivity contribution < 1.29 is 28.2 Å². The van der Waals surface area contributed by atoms with Gasteiger partial charge in [-0.05, 0) is 48.0 Å². The molecular formula is C24H17ClN2O6S. The molecule has 0 saturated carbocycles. The summed E-state index contributed by atoms with van der Waals surface area (Å²) < 4.78 is 28.0. The Bertz CT molecular complexity index is 1570. The van der Waals surface area contributed by atoms with E-state index >= 15 is 0 Å². The minimum absolute atomic E-state index is 0.0394. The predicted molar refractivity (Wildman–Crippen MR) is 125 cm³/mol. The van der Waals surface area contributed by atoms with Crippen molar-refractivity contribution in [2.24, 2.45) is 4.99 Å². The highest BCUT2D eigenvalue weighted by molar-refractivity contribution is 7.92. The van der Waals surface area contributed by atoms with Crippen molar-refractivity contribution >= 4 is 44.8 Å². The number of carboxylic acids is 2. The Morgan fingerprint density at radius 2 is 1.71 bits per heavy atom. The number of benzene rings is 3. The summed E-state index contributed by atoms with van der Waals surface area (Å²) in [5.41, 5.74) is -1.66. The normalized spacial score (nSPS) is 17.3. The Balaban J connectivity index is 1.89. The lowest BCUT2D eigenvalue weighted by molar-refractivity contribution is -0.141. The lowest BCUT2D eigenvalue weighted by Crippen LogP contribution is -2.34. The third kappa shape index (κ3) is 4.18. The molecule has 0 saturated heterocycles. The number of hydrogen-bond acceptors (Lipinski definition) is 5. The van der Waals surface area contributed by atoms with Crippen LogP contribution in [0.25, 0.3) is 5.57 Å². The minimum Gasteiger partial charge on any atom is -0.479 e. The summed E-state index contributed by atoms with van der Waals surface area (Å²) in [6, 6.07) is 18.1. The maximum Gasteiger partial charge on any atom is 0.341 e. The lowest BCUT2D eigenvalue weighted by Gasteiger charge is -2.25. The Hall–Kier alpha value is -3.95. The maximum atomic E-state index is 12.8. The van der Waals surface area contributed by atoms with Crippen LogP contribution in [-0.2, 0) is 25.2 Å². The fraction of sp³-hybridized carbons (Fsp3) is 0.0417. The molecule has 0 spiro atoms. The van der Waals surface area contributed by atoms with Gasteiger partial charge in [0.2, 0.25) is 5.54 Å². The molecule has 0 bridgehead atoms. The number of aliphatic carboxylic acids is 2. The highest BCUT2D eigenvalue weighted by atomic mass is 35.5. The molecule has 1 heterocycles. The molecule has 4 rings (SSSR count). The average molecular weight is 497 g/mol. The first kappa shape index (κ1) is 23.2. The Labute approximate surface area is 199 Å². The maximum absolute atomic E-state index is 12.8. The first-order chi connectivity index (χ1) is 16.1. The van der Waals surface area contributed by atoms with E-state index < -0.39 is 27.5 Å². The molecular weight excluding hydrogens is 480 g/mol. The summed E-state index contributed by atoms with van der Waals surface area (Å²) in [5, 5.41) is 20.5. The van der Waals surface area contributed by atoms with Gasteiger partial charge in [-0.2, -0.15) is 0 Å². The van der Waals surface area contributed by atoms with Gasteiger partial charge in [-0.3, -0.25) is 9.71 Å². The van der Waals surface area contributed by atoms with Crippen molar-refractivity contribution in [3.8, 4) is 0 Å². The molecule has 1 unspecified atom stereocenters. The topological polar surface area (TPSA) is 133 Å². The van der Waals surface area contributed by atoms with Crippen molar-refractivity contribution in [1.82, 2.24) is 0 Å². The molecule has 172 valence electrons. The third-order valence-electron chi connectivity index (χ3n) is 5.22.